The standard InChI is InChI=1S/C23H30N4O4S/c1-16-21-19(24-25-32(29,30)18-8-5-4-6-9-18)10-7-11-20(21)31-22(16)23(28)27(3)17-12-14-26(2)15-13-17/h4-6,8-9,17,25H,7,10-15H2,1-3H3/b24-19+. The van der Waals surface area contributed by atoms with E-state index in [-0.39, 0.29) is 16.8 Å². The Bertz CT molecular complexity index is 1120. The second-order valence-electron chi connectivity index (χ2n) is 8.62. The minimum Gasteiger partial charge on any atom is -0.455 e. The highest BCUT2D eigenvalue weighted by Gasteiger charge is 2.32. The Morgan fingerprint density at radius 1 is 1.19 bits per heavy atom. The molecule has 1 N–H and O–H groups in total. The lowest BCUT2D eigenvalue weighted by Crippen LogP contribution is -2.44. The van der Waals surface area contributed by atoms with Gasteiger partial charge < -0.3 is 14.2 Å². The number of aryl methyl sites for hydroxylation is 1. The van der Waals surface area contributed by atoms with Crippen LogP contribution in [-0.4, -0.2) is 63.1 Å². The van der Waals surface area contributed by atoms with Crippen molar-refractivity contribution in [1.82, 2.24) is 14.6 Å². The number of nitrogens with one attached hydrogen (secondary N) is 1. The molecule has 4 rings (SSSR count). The van der Waals surface area contributed by atoms with Gasteiger partial charge in [-0.1, -0.05) is 18.2 Å². The first-order valence-corrected chi connectivity index (χ1v) is 12.5. The Balaban J connectivity index is 1.58. The first-order chi connectivity index (χ1) is 15.3. The molecule has 0 atom stereocenters. The molecule has 0 saturated carbocycles. The number of furan rings is 1. The van der Waals surface area contributed by atoms with Gasteiger partial charge in [0.05, 0.1) is 10.6 Å². The van der Waals surface area contributed by atoms with Crippen LogP contribution in [0.25, 0.3) is 0 Å². The van der Waals surface area contributed by atoms with Crippen molar-refractivity contribution in [3.63, 3.8) is 0 Å². The van der Waals surface area contributed by atoms with Crippen LogP contribution in [-0.2, 0) is 16.4 Å². The van der Waals surface area contributed by atoms with Gasteiger partial charge in [-0.15, -0.1) is 0 Å². The smallest absolute Gasteiger partial charge is 0.289 e. The molecule has 1 aliphatic carbocycles. The molecule has 0 spiro atoms. The Labute approximate surface area is 189 Å². The highest BCUT2D eigenvalue weighted by molar-refractivity contribution is 7.89. The molecule has 1 aliphatic heterocycles. The summed E-state index contributed by atoms with van der Waals surface area (Å²) in [6.07, 6.45) is 3.97. The first kappa shape index (κ1) is 22.5. The maximum atomic E-state index is 13.2. The third-order valence-corrected chi connectivity index (χ3v) is 7.65. The van der Waals surface area contributed by atoms with Crippen LogP contribution in [0.1, 0.15) is 53.1 Å². The molecule has 0 unspecified atom stereocenters. The van der Waals surface area contributed by atoms with Crippen molar-refractivity contribution in [1.29, 1.82) is 0 Å². The van der Waals surface area contributed by atoms with E-state index in [0.717, 1.165) is 43.5 Å². The highest BCUT2D eigenvalue weighted by Crippen LogP contribution is 2.31. The number of nitrogens with zero attached hydrogens (tertiary/aromatic N) is 3. The maximum Gasteiger partial charge on any atom is 0.289 e. The molecule has 2 heterocycles. The quantitative estimate of drug-likeness (QED) is 0.695. The molecule has 9 heteroatoms. The first-order valence-electron chi connectivity index (χ1n) is 11.0. The van der Waals surface area contributed by atoms with Gasteiger partial charge in [-0.25, -0.2) is 0 Å². The van der Waals surface area contributed by atoms with Crippen LogP contribution in [0.2, 0.25) is 0 Å². The fraction of sp³-hybridized carbons (Fsp3) is 0.478. The average Bonchev–Trinajstić information content (AvgIpc) is 3.15. The molecular formula is C23H30N4O4S. The van der Waals surface area contributed by atoms with Crippen molar-refractivity contribution in [2.24, 2.45) is 5.10 Å². The van der Waals surface area contributed by atoms with Crippen LogP contribution in [0.15, 0.2) is 44.7 Å². The maximum absolute atomic E-state index is 13.2. The predicted octanol–water partition coefficient (Wildman–Crippen LogP) is 2.77. The van der Waals surface area contributed by atoms with E-state index in [2.05, 4.69) is 21.9 Å². The van der Waals surface area contributed by atoms with E-state index < -0.39 is 10.0 Å². The van der Waals surface area contributed by atoms with Gasteiger partial charge in [-0.05, 0) is 64.9 Å². The lowest BCUT2D eigenvalue weighted by molar-refractivity contribution is 0.0625. The van der Waals surface area contributed by atoms with Crippen LogP contribution < -0.4 is 4.83 Å². The normalized spacial score (nSPS) is 19.0. The predicted molar refractivity (Wildman–Crippen MR) is 122 cm³/mol. The number of benzene rings is 1. The summed E-state index contributed by atoms with van der Waals surface area (Å²) in [6.45, 7) is 3.78. The summed E-state index contributed by atoms with van der Waals surface area (Å²) < 4.78 is 31.2. The zero-order chi connectivity index (χ0) is 22.9. The van der Waals surface area contributed by atoms with Gasteiger partial charge >= 0.3 is 0 Å². The lowest BCUT2D eigenvalue weighted by Gasteiger charge is -2.34. The van der Waals surface area contributed by atoms with Gasteiger partial charge in [0.25, 0.3) is 15.9 Å². The van der Waals surface area contributed by atoms with Crippen LogP contribution in [0.5, 0.6) is 0 Å². The summed E-state index contributed by atoms with van der Waals surface area (Å²) in [6, 6.07) is 8.32. The van der Waals surface area contributed by atoms with Crippen LogP contribution in [0, 0.1) is 6.92 Å². The number of amides is 1. The summed E-state index contributed by atoms with van der Waals surface area (Å²) in [5.41, 5.74) is 2.09. The number of likely N-dealkylation sites (tertiary alicyclic amines) is 1. The molecule has 2 aromatic rings. The number of rotatable bonds is 5. The van der Waals surface area contributed by atoms with E-state index in [1.807, 2.05) is 14.0 Å². The Kier molecular flexibility index (Phi) is 6.39. The lowest BCUT2D eigenvalue weighted by atomic mass is 9.93. The molecule has 1 fully saturated rings. The molecule has 172 valence electrons. The molecule has 2 aliphatic rings. The van der Waals surface area contributed by atoms with Gasteiger partial charge in [0.15, 0.2) is 5.76 Å². The molecule has 32 heavy (non-hydrogen) atoms. The number of fused-ring (bicyclic) bond motifs is 1. The molecule has 0 bridgehead atoms. The van der Waals surface area contributed by atoms with E-state index in [1.54, 1.807) is 23.1 Å². The summed E-state index contributed by atoms with van der Waals surface area (Å²) in [7, 11) is 0.164. The SMILES string of the molecule is Cc1c(C(=O)N(C)C2CCN(C)CC2)oc2c1/C(=N/NS(=O)(=O)c1ccccc1)CCC2. The third kappa shape index (κ3) is 4.45. The number of hydrogen-bond acceptors (Lipinski definition) is 6. The van der Waals surface area contributed by atoms with Crippen molar-refractivity contribution in [3.8, 4) is 0 Å². The van der Waals surface area contributed by atoms with E-state index in [1.165, 1.54) is 12.1 Å². The fourth-order valence-corrected chi connectivity index (χ4v) is 5.31. The van der Waals surface area contributed by atoms with Crippen molar-refractivity contribution >= 4 is 21.6 Å². The van der Waals surface area contributed by atoms with Crippen molar-refractivity contribution in [3.05, 3.63) is 53.0 Å². The average molecular weight is 459 g/mol. The fourth-order valence-electron chi connectivity index (χ4n) is 4.46. The van der Waals surface area contributed by atoms with Crippen LogP contribution in [0.4, 0.5) is 0 Å². The molecule has 1 amide bonds. The summed E-state index contributed by atoms with van der Waals surface area (Å²) in [5, 5.41) is 4.24. The van der Waals surface area contributed by atoms with Crippen molar-refractivity contribution in [2.75, 3.05) is 27.2 Å². The number of piperidine rings is 1. The highest BCUT2D eigenvalue weighted by atomic mass is 32.2. The molecule has 0 radical (unpaired) electrons. The molecule has 8 nitrogen and oxygen atoms in total. The Hall–Kier alpha value is -2.65. The van der Waals surface area contributed by atoms with E-state index >= 15 is 0 Å². The number of carbonyl (C=O) groups excluding carboxylic acids is 1. The molecule has 1 aromatic heterocycles. The minimum atomic E-state index is -3.76. The summed E-state index contributed by atoms with van der Waals surface area (Å²) in [4.78, 5) is 19.8. The number of hydrogen-bond donors (Lipinski definition) is 1. The molecular weight excluding hydrogens is 428 g/mol. The van der Waals surface area contributed by atoms with Crippen molar-refractivity contribution in [2.45, 2.75) is 50.0 Å². The molecule has 1 saturated heterocycles. The van der Waals surface area contributed by atoms with Gasteiger partial charge in [0.1, 0.15) is 5.76 Å². The van der Waals surface area contributed by atoms with E-state index in [0.29, 0.717) is 30.1 Å². The number of sulfonamides is 1. The van der Waals surface area contributed by atoms with Gasteiger partial charge in [-0.2, -0.15) is 18.4 Å². The third-order valence-electron chi connectivity index (χ3n) is 6.43. The largest absolute Gasteiger partial charge is 0.455 e. The molecule has 1 aromatic carbocycles. The Morgan fingerprint density at radius 2 is 1.88 bits per heavy atom. The van der Waals surface area contributed by atoms with Gasteiger partial charge in [0.2, 0.25) is 0 Å². The van der Waals surface area contributed by atoms with Crippen LogP contribution >= 0.6 is 0 Å². The zero-order valence-electron chi connectivity index (χ0n) is 18.8. The monoisotopic (exact) mass is 458 g/mol. The summed E-state index contributed by atoms with van der Waals surface area (Å²) in [5.74, 6) is 0.902. The topological polar surface area (TPSA) is 95.2 Å². The van der Waals surface area contributed by atoms with Gasteiger partial charge in [-0.3, -0.25) is 4.79 Å². The van der Waals surface area contributed by atoms with Crippen molar-refractivity contribution < 1.29 is 17.6 Å². The minimum absolute atomic E-state index is 0.129. The summed E-state index contributed by atoms with van der Waals surface area (Å²) >= 11 is 0. The number of hydrazone groups is 1. The second kappa shape index (κ2) is 9.07. The Morgan fingerprint density at radius 3 is 2.56 bits per heavy atom. The number of carbonyl (C=O) groups is 1. The van der Waals surface area contributed by atoms with E-state index in [9.17, 15) is 13.2 Å². The van der Waals surface area contributed by atoms with Gasteiger partial charge in [0, 0.05) is 30.6 Å². The second-order valence-corrected chi connectivity index (χ2v) is 10.3. The zero-order valence-corrected chi connectivity index (χ0v) is 19.6. The van der Waals surface area contributed by atoms with Crippen LogP contribution in [0.3, 0.4) is 0 Å². The van der Waals surface area contributed by atoms with E-state index in [4.69, 9.17) is 4.42 Å².